The highest BCUT2D eigenvalue weighted by Crippen LogP contribution is 2.23. The van der Waals surface area contributed by atoms with Crippen LogP contribution in [-0.4, -0.2) is 23.8 Å². The van der Waals surface area contributed by atoms with Gasteiger partial charge in [0.15, 0.2) is 0 Å². The van der Waals surface area contributed by atoms with E-state index in [1.165, 1.54) is 25.7 Å². The van der Waals surface area contributed by atoms with Gasteiger partial charge in [-0.1, -0.05) is 19.8 Å². The van der Waals surface area contributed by atoms with Crippen LogP contribution in [0.4, 0.5) is 0 Å². The fraction of sp³-hybridized carbons (Fsp3) is 1.00. The van der Waals surface area contributed by atoms with Gasteiger partial charge in [-0.25, -0.2) is 0 Å². The Bertz CT molecular complexity index is 136. The zero-order valence-corrected chi connectivity index (χ0v) is 8.92. The number of nitrogens with one attached hydrogen (secondary N) is 1. The van der Waals surface area contributed by atoms with Crippen LogP contribution >= 0.6 is 0 Å². The molecule has 1 aliphatic carbocycles. The number of hydrogen-bond donors (Lipinski definition) is 2. The fourth-order valence-corrected chi connectivity index (χ4v) is 2.12. The Labute approximate surface area is 81.7 Å². The van der Waals surface area contributed by atoms with Crippen LogP contribution in [0.3, 0.4) is 0 Å². The first kappa shape index (κ1) is 11.0. The third kappa shape index (κ3) is 4.63. The molecule has 1 rings (SSSR count). The Kier molecular flexibility index (Phi) is 4.74. The van der Waals surface area contributed by atoms with Crippen LogP contribution in [0.1, 0.15) is 46.0 Å². The highest BCUT2D eigenvalue weighted by molar-refractivity contribution is 4.75. The number of hydrogen-bond acceptors (Lipinski definition) is 2. The molecule has 0 saturated heterocycles. The van der Waals surface area contributed by atoms with Gasteiger partial charge in [0.25, 0.3) is 0 Å². The Morgan fingerprint density at radius 1 is 1.46 bits per heavy atom. The lowest BCUT2D eigenvalue weighted by molar-refractivity contribution is 0.179. The van der Waals surface area contributed by atoms with E-state index >= 15 is 0 Å². The van der Waals surface area contributed by atoms with E-state index in [4.69, 9.17) is 5.11 Å². The molecule has 0 aromatic heterocycles. The minimum atomic E-state index is -0.159. The standard InChI is InChI=1S/C11H23NO/c1-9-4-3-5-11(8-9)12-7-6-10(2)13/h9-13H,3-8H2,1-2H3/t9-,10-,11-/m0/s1. The van der Waals surface area contributed by atoms with Crippen molar-refractivity contribution in [3.63, 3.8) is 0 Å². The van der Waals surface area contributed by atoms with Gasteiger partial charge in [-0.2, -0.15) is 0 Å². The Hall–Kier alpha value is -0.0800. The van der Waals surface area contributed by atoms with Crippen LogP contribution in [-0.2, 0) is 0 Å². The average Bonchev–Trinajstić information content (AvgIpc) is 2.03. The largest absolute Gasteiger partial charge is 0.393 e. The first-order chi connectivity index (χ1) is 6.18. The molecule has 13 heavy (non-hydrogen) atoms. The van der Waals surface area contributed by atoms with Gasteiger partial charge in [0.2, 0.25) is 0 Å². The van der Waals surface area contributed by atoms with Gasteiger partial charge >= 0.3 is 0 Å². The number of aliphatic hydroxyl groups is 1. The maximum atomic E-state index is 9.09. The van der Waals surface area contributed by atoms with E-state index < -0.39 is 0 Å². The monoisotopic (exact) mass is 185 g/mol. The second-order valence-electron chi connectivity index (χ2n) is 4.56. The third-order valence-corrected chi connectivity index (χ3v) is 2.93. The van der Waals surface area contributed by atoms with E-state index in [-0.39, 0.29) is 6.10 Å². The molecule has 0 unspecified atom stereocenters. The quantitative estimate of drug-likeness (QED) is 0.701. The van der Waals surface area contributed by atoms with Gasteiger partial charge in [0, 0.05) is 6.04 Å². The molecule has 78 valence electrons. The van der Waals surface area contributed by atoms with Crippen molar-refractivity contribution in [1.29, 1.82) is 0 Å². The summed E-state index contributed by atoms with van der Waals surface area (Å²) in [6.45, 7) is 5.16. The summed E-state index contributed by atoms with van der Waals surface area (Å²) >= 11 is 0. The topological polar surface area (TPSA) is 32.3 Å². The molecule has 0 aromatic rings. The normalized spacial score (nSPS) is 31.6. The summed E-state index contributed by atoms with van der Waals surface area (Å²) in [6, 6.07) is 0.711. The summed E-state index contributed by atoms with van der Waals surface area (Å²) in [5.41, 5.74) is 0. The SMILES string of the molecule is C[C@H]1CCC[C@H](NCC[C@H](C)O)C1. The molecule has 1 saturated carbocycles. The van der Waals surface area contributed by atoms with E-state index in [1.807, 2.05) is 6.92 Å². The fourth-order valence-electron chi connectivity index (χ4n) is 2.12. The number of aliphatic hydroxyl groups excluding tert-OH is 1. The van der Waals surface area contributed by atoms with E-state index in [0.29, 0.717) is 6.04 Å². The van der Waals surface area contributed by atoms with Gasteiger partial charge < -0.3 is 10.4 Å². The number of rotatable bonds is 4. The summed E-state index contributed by atoms with van der Waals surface area (Å²) in [6.07, 6.45) is 6.13. The third-order valence-electron chi connectivity index (χ3n) is 2.93. The van der Waals surface area contributed by atoms with Crippen molar-refractivity contribution in [2.45, 2.75) is 58.1 Å². The summed E-state index contributed by atoms with van der Waals surface area (Å²) < 4.78 is 0. The van der Waals surface area contributed by atoms with Crippen molar-refractivity contribution < 1.29 is 5.11 Å². The maximum Gasteiger partial charge on any atom is 0.0524 e. The Morgan fingerprint density at radius 2 is 2.23 bits per heavy atom. The van der Waals surface area contributed by atoms with Crippen molar-refractivity contribution in [1.82, 2.24) is 5.32 Å². The lowest BCUT2D eigenvalue weighted by Crippen LogP contribution is -2.35. The zero-order valence-electron chi connectivity index (χ0n) is 8.92. The second kappa shape index (κ2) is 5.61. The zero-order chi connectivity index (χ0) is 9.68. The molecule has 2 nitrogen and oxygen atoms in total. The van der Waals surface area contributed by atoms with Gasteiger partial charge in [-0.05, 0) is 38.6 Å². The van der Waals surface area contributed by atoms with Gasteiger partial charge in [0.05, 0.1) is 6.10 Å². The highest BCUT2D eigenvalue weighted by Gasteiger charge is 2.17. The van der Waals surface area contributed by atoms with E-state index in [1.54, 1.807) is 0 Å². The smallest absolute Gasteiger partial charge is 0.0524 e. The average molecular weight is 185 g/mol. The van der Waals surface area contributed by atoms with Crippen LogP contribution in [0.5, 0.6) is 0 Å². The molecular formula is C11H23NO. The van der Waals surface area contributed by atoms with E-state index in [9.17, 15) is 0 Å². The molecule has 3 atom stereocenters. The maximum absolute atomic E-state index is 9.09. The predicted molar refractivity (Wildman–Crippen MR) is 55.7 cm³/mol. The van der Waals surface area contributed by atoms with Gasteiger partial charge in [0.1, 0.15) is 0 Å². The summed E-state index contributed by atoms with van der Waals surface area (Å²) in [7, 11) is 0. The Morgan fingerprint density at radius 3 is 2.85 bits per heavy atom. The van der Waals surface area contributed by atoms with Crippen LogP contribution in [0.25, 0.3) is 0 Å². The van der Waals surface area contributed by atoms with Gasteiger partial charge in [-0.15, -0.1) is 0 Å². The van der Waals surface area contributed by atoms with Crippen LogP contribution in [0.2, 0.25) is 0 Å². The lowest BCUT2D eigenvalue weighted by Gasteiger charge is -2.27. The molecule has 2 heteroatoms. The van der Waals surface area contributed by atoms with Crippen LogP contribution in [0.15, 0.2) is 0 Å². The first-order valence-electron chi connectivity index (χ1n) is 5.60. The summed E-state index contributed by atoms with van der Waals surface area (Å²) in [5.74, 6) is 0.887. The molecule has 1 aliphatic rings. The van der Waals surface area contributed by atoms with Gasteiger partial charge in [-0.3, -0.25) is 0 Å². The minimum Gasteiger partial charge on any atom is -0.393 e. The van der Waals surface area contributed by atoms with Crippen molar-refractivity contribution in [3.05, 3.63) is 0 Å². The first-order valence-corrected chi connectivity index (χ1v) is 5.60. The molecule has 1 fully saturated rings. The van der Waals surface area contributed by atoms with Crippen molar-refractivity contribution in [2.24, 2.45) is 5.92 Å². The second-order valence-corrected chi connectivity index (χ2v) is 4.56. The molecular weight excluding hydrogens is 162 g/mol. The molecule has 0 aliphatic heterocycles. The molecule has 2 N–H and O–H groups in total. The van der Waals surface area contributed by atoms with Crippen molar-refractivity contribution >= 4 is 0 Å². The minimum absolute atomic E-state index is 0.159. The lowest BCUT2D eigenvalue weighted by atomic mass is 9.87. The molecule has 0 heterocycles. The Balaban J connectivity index is 2.06. The van der Waals surface area contributed by atoms with E-state index in [2.05, 4.69) is 12.2 Å². The molecule has 0 amide bonds. The molecule has 0 spiro atoms. The van der Waals surface area contributed by atoms with E-state index in [0.717, 1.165) is 18.9 Å². The van der Waals surface area contributed by atoms with Crippen molar-refractivity contribution in [3.8, 4) is 0 Å². The predicted octanol–water partition coefficient (Wildman–Crippen LogP) is 1.93. The van der Waals surface area contributed by atoms with Crippen LogP contribution in [0, 0.1) is 5.92 Å². The molecule has 0 radical (unpaired) electrons. The summed E-state index contributed by atoms with van der Waals surface area (Å²) in [5, 5.41) is 12.6. The highest BCUT2D eigenvalue weighted by atomic mass is 16.3. The van der Waals surface area contributed by atoms with Crippen molar-refractivity contribution in [2.75, 3.05) is 6.54 Å². The molecule has 0 aromatic carbocycles. The van der Waals surface area contributed by atoms with Crippen LogP contribution < -0.4 is 5.32 Å². The summed E-state index contributed by atoms with van der Waals surface area (Å²) in [4.78, 5) is 0. The molecule has 0 bridgehead atoms.